The zero-order chi connectivity index (χ0) is 27.1. The van der Waals surface area contributed by atoms with Crippen molar-refractivity contribution in [2.75, 3.05) is 5.32 Å². The fraction of sp³-hybridized carbons (Fsp3) is 0.167. The van der Waals surface area contributed by atoms with E-state index in [-0.39, 0.29) is 17.6 Å². The zero-order valence-corrected chi connectivity index (χ0v) is 22.5. The Hall–Kier alpha value is -4.63. The van der Waals surface area contributed by atoms with Crippen LogP contribution in [0.5, 0.6) is 0 Å². The van der Waals surface area contributed by atoms with E-state index in [1.807, 2.05) is 50.2 Å². The van der Waals surface area contributed by atoms with Crippen molar-refractivity contribution in [3.63, 3.8) is 0 Å². The minimum absolute atomic E-state index is 0.0246. The molecule has 0 saturated carbocycles. The van der Waals surface area contributed by atoms with E-state index in [1.165, 1.54) is 11.3 Å². The maximum Gasteiger partial charge on any atom is 0.224 e. The monoisotopic (exact) mass is 534 g/mol. The van der Waals surface area contributed by atoms with Gasteiger partial charge in [-0.25, -0.2) is 4.98 Å². The smallest absolute Gasteiger partial charge is 0.224 e. The SMILES string of the molecule is CC(=O)c1ccc(-c2ccnc3[nH]c(-c4n[nH]c5ccc(-c6cncc(NC(=O)CC(C)C)c6)cc45)cc23)s1. The maximum atomic E-state index is 12.3. The first kappa shape index (κ1) is 24.7. The number of rotatable bonds is 7. The van der Waals surface area contributed by atoms with Crippen LogP contribution >= 0.6 is 11.3 Å². The van der Waals surface area contributed by atoms with Gasteiger partial charge in [0.1, 0.15) is 11.3 Å². The lowest BCUT2D eigenvalue weighted by molar-refractivity contribution is -0.116. The molecule has 6 aromatic rings. The van der Waals surface area contributed by atoms with Crippen molar-refractivity contribution in [2.45, 2.75) is 27.2 Å². The number of aromatic amines is 2. The Morgan fingerprint density at radius 2 is 1.87 bits per heavy atom. The van der Waals surface area contributed by atoms with Crippen LogP contribution in [-0.4, -0.2) is 36.8 Å². The molecule has 1 aromatic carbocycles. The van der Waals surface area contributed by atoms with E-state index in [2.05, 4.69) is 42.6 Å². The Balaban J connectivity index is 1.37. The van der Waals surface area contributed by atoms with Crippen molar-refractivity contribution in [1.82, 2.24) is 25.1 Å². The molecule has 0 aliphatic heterocycles. The van der Waals surface area contributed by atoms with Gasteiger partial charge < -0.3 is 10.3 Å². The molecule has 0 atom stereocenters. The summed E-state index contributed by atoms with van der Waals surface area (Å²) in [6.45, 7) is 5.61. The average Bonchev–Trinajstić information content (AvgIpc) is 3.65. The molecule has 9 heteroatoms. The first-order valence-corrected chi connectivity index (χ1v) is 13.5. The van der Waals surface area contributed by atoms with Crippen molar-refractivity contribution >= 4 is 50.7 Å². The number of pyridine rings is 2. The van der Waals surface area contributed by atoms with E-state index in [4.69, 9.17) is 0 Å². The van der Waals surface area contributed by atoms with Gasteiger partial charge in [0.15, 0.2) is 5.78 Å². The third-order valence-electron chi connectivity index (χ3n) is 6.52. The second kappa shape index (κ2) is 9.92. The topological polar surface area (TPSA) is 116 Å². The van der Waals surface area contributed by atoms with Gasteiger partial charge in [0.2, 0.25) is 5.91 Å². The summed E-state index contributed by atoms with van der Waals surface area (Å²) in [4.78, 5) is 38.1. The number of H-pyrrole nitrogens is 2. The summed E-state index contributed by atoms with van der Waals surface area (Å²) < 4.78 is 0. The number of anilines is 1. The van der Waals surface area contributed by atoms with E-state index in [0.717, 1.165) is 59.8 Å². The molecule has 5 aromatic heterocycles. The van der Waals surface area contributed by atoms with Gasteiger partial charge in [-0.15, -0.1) is 11.3 Å². The van der Waals surface area contributed by atoms with Crippen LogP contribution in [0.1, 0.15) is 36.9 Å². The number of nitrogens with one attached hydrogen (secondary N) is 3. The van der Waals surface area contributed by atoms with Gasteiger partial charge in [-0.05, 0) is 60.9 Å². The molecule has 3 N–H and O–H groups in total. The highest BCUT2D eigenvalue weighted by Crippen LogP contribution is 2.37. The summed E-state index contributed by atoms with van der Waals surface area (Å²) in [5.41, 5.74) is 6.81. The van der Waals surface area contributed by atoms with Gasteiger partial charge in [0.05, 0.1) is 28.0 Å². The third-order valence-corrected chi connectivity index (χ3v) is 7.74. The lowest BCUT2D eigenvalue weighted by Crippen LogP contribution is -2.13. The molecule has 0 fully saturated rings. The van der Waals surface area contributed by atoms with Gasteiger partial charge in [-0.1, -0.05) is 19.9 Å². The van der Waals surface area contributed by atoms with Crippen LogP contribution < -0.4 is 5.32 Å². The fourth-order valence-electron chi connectivity index (χ4n) is 4.69. The fourth-order valence-corrected chi connectivity index (χ4v) is 5.63. The zero-order valence-electron chi connectivity index (χ0n) is 21.7. The van der Waals surface area contributed by atoms with Crippen LogP contribution in [0.3, 0.4) is 0 Å². The van der Waals surface area contributed by atoms with Gasteiger partial charge >= 0.3 is 0 Å². The highest BCUT2D eigenvalue weighted by molar-refractivity contribution is 7.17. The molecule has 39 heavy (non-hydrogen) atoms. The predicted molar refractivity (Wildman–Crippen MR) is 156 cm³/mol. The number of Topliss-reactive ketones (excluding diaryl/α,β-unsaturated/α-hetero) is 1. The van der Waals surface area contributed by atoms with Crippen molar-refractivity contribution in [2.24, 2.45) is 5.92 Å². The maximum absolute atomic E-state index is 12.3. The molecule has 1 amide bonds. The summed E-state index contributed by atoms with van der Waals surface area (Å²) in [6.07, 6.45) is 5.67. The predicted octanol–water partition coefficient (Wildman–Crippen LogP) is 7.08. The number of benzene rings is 1. The normalized spacial score (nSPS) is 11.5. The Morgan fingerprint density at radius 3 is 2.67 bits per heavy atom. The highest BCUT2D eigenvalue weighted by Gasteiger charge is 2.16. The number of carbonyl (C=O) groups is 2. The molecular weight excluding hydrogens is 508 g/mol. The van der Waals surface area contributed by atoms with E-state index < -0.39 is 0 Å². The molecule has 0 spiro atoms. The molecule has 0 saturated heterocycles. The first-order chi connectivity index (χ1) is 18.9. The molecular formula is C30H26N6O2S. The van der Waals surface area contributed by atoms with Crippen LogP contribution in [0.15, 0.2) is 67.1 Å². The Kier molecular flexibility index (Phi) is 6.28. The van der Waals surface area contributed by atoms with Crippen LogP contribution in [0.2, 0.25) is 0 Å². The Bertz CT molecular complexity index is 1860. The molecule has 0 radical (unpaired) electrons. The Labute approximate surface area is 228 Å². The molecule has 0 unspecified atom stereocenters. The lowest BCUT2D eigenvalue weighted by atomic mass is 10.0. The number of thiophene rings is 1. The number of aromatic nitrogens is 5. The van der Waals surface area contributed by atoms with Crippen LogP contribution in [0.25, 0.3) is 54.9 Å². The summed E-state index contributed by atoms with van der Waals surface area (Å²) >= 11 is 1.48. The molecule has 0 aliphatic rings. The summed E-state index contributed by atoms with van der Waals surface area (Å²) in [5, 5.41) is 12.6. The Morgan fingerprint density at radius 1 is 1.00 bits per heavy atom. The quantitative estimate of drug-likeness (QED) is 0.189. The standard InChI is InChI=1S/C30H26N6O2S/c1-16(2)10-28(38)33-20-11-19(14-31-15-20)18-4-5-24-23(12-18)29(36-35-24)25-13-22-21(8-9-32-30(22)34-25)27-7-6-26(39-27)17(3)37/h4-9,11-16H,10H2,1-3H3,(H,32,34)(H,33,38)(H,35,36). The van der Waals surface area contributed by atoms with Gasteiger partial charge in [0.25, 0.3) is 0 Å². The number of amides is 1. The second-order valence-corrected chi connectivity index (χ2v) is 11.0. The molecule has 194 valence electrons. The van der Waals surface area contributed by atoms with Crippen molar-refractivity contribution in [3.05, 3.63) is 72.0 Å². The van der Waals surface area contributed by atoms with Crippen molar-refractivity contribution < 1.29 is 9.59 Å². The first-order valence-electron chi connectivity index (χ1n) is 12.7. The minimum Gasteiger partial charge on any atom is -0.338 e. The third kappa shape index (κ3) is 4.84. The van der Waals surface area contributed by atoms with Crippen molar-refractivity contribution in [1.29, 1.82) is 0 Å². The summed E-state index contributed by atoms with van der Waals surface area (Å²) in [6, 6.07) is 15.9. The average molecular weight is 535 g/mol. The van der Waals surface area contributed by atoms with Crippen molar-refractivity contribution in [3.8, 4) is 33.0 Å². The largest absolute Gasteiger partial charge is 0.338 e. The van der Waals surface area contributed by atoms with E-state index in [9.17, 15) is 9.59 Å². The van der Waals surface area contributed by atoms with Gasteiger partial charge in [-0.2, -0.15) is 5.10 Å². The van der Waals surface area contributed by atoms with Crippen LogP contribution in [0, 0.1) is 5.92 Å². The molecule has 8 nitrogen and oxygen atoms in total. The number of fused-ring (bicyclic) bond motifs is 2. The minimum atomic E-state index is -0.0246. The second-order valence-electron chi connectivity index (χ2n) is 9.96. The van der Waals surface area contributed by atoms with Gasteiger partial charge in [-0.3, -0.25) is 19.7 Å². The summed E-state index contributed by atoms with van der Waals surface area (Å²) in [5.74, 6) is 0.314. The summed E-state index contributed by atoms with van der Waals surface area (Å²) in [7, 11) is 0. The number of hydrogen-bond acceptors (Lipinski definition) is 6. The van der Waals surface area contributed by atoms with E-state index in [0.29, 0.717) is 12.1 Å². The van der Waals surface area contributed by atoms with Crippen LogP contribution in [0.4, 0.5) is 5.69 Å². The highest BCUT2D eigenvalue weighted by atomic mass is 32.1. The number of ketones is 1. The van der Waals surface area contributed by atoms with E-state index in [1.54, 1.807) is 25.5 Å². The van der Waals surface area contributed by atoms with Gasteiger partial charge in [0, 0.05) is 45.6 Å². The number of carbonyl (C=O) groups excluding carboxylic acids is 2. The van der Waals surface area contributed by atoms with E-state index >= 15 is 0 Å². The molecule has 0 aliphatic carbocycles. The number of nitrogens with zero attached hydrogens (tertiary/aromatic N) is 3. The lowest BCUT2D eigenvalue weighted by Gasteiger charge is -2.09. The van der Waals surface area contributed by atoms with Crippen LogP contribution in [-0.2, 0) is 4.79 Å². The molecule has 5 heterocycles. The molecule has 0 bridgehead atoms. The molecule has 6 rings (SSSR count). The number of hydrogen-bond donors (Lipinski definition) is 3.